The lowest BCUT2D eigenvalue weighted by Gasteiger charge is -2.33. The van der Waals surface area contributed by atoms with Gasteiger partial charge in [-0.25, -0.2) is 12.8 Å². The number of piperazine rings is 1. The van der Waals surface area contributed by atoms with E-state index in [0.29, 0.717) is 18.7 Å². The van der Waals surface area contributed by atoms with Gasteiger partial charge in [0.1, 0.15) is 5.82 Å². The van der Waals surface area contributed by atoms with E-state index in [-0.39, 0.29) is 36.0 Å². The van der Waals surface area contributed by atoms with Crippen molar-refractivity contribution in [2.45, 2.75) is 18.4 Å². The standard InChI is InChI=1S/C20H22FN3O4S/c1-15(25)23-9-11-24(12-10-23)29(27,28)18-7-4-6-16(13-18)20(26)22-14-17-5-2-3-8-19(17)21/h2-8,13H,9-12,14H2,1H3,(H,22,26). The van der Waals surface area contributed by atoms with E-state index < -0.39 is 21.7 Å². The zero-order valence-electron chi connectivity index (χ0n) is 16.0. The van der Waals surface area contributed by atoms with Gasteiger partial charge in [0.25, 0.3) is 5.91 Å². The van der Waals surface area contributed by atoms with Gasteiger partial charge in [-0.3, -0.25) is 9.59 Å². The van der Waals surface area contributed by atoms with Crippen molar-refractivity contribution in [3.63, 3.8) is 0 Å². The molecule has 1 fully saturated rings. The summed E-state index contributed by atoms with van der Waals surface area (Å²) in [6.45, 7) is 2.51. The van der Waals surface area contributed by atoms with Crippen LogP contribution in [-0.2, 0) is 21.4 Å². The lowest BCUT2D eigenvalue weighted by atomic mass is 10.2. The minimum atomic E-state index is -3.79. The molecule has 0 radical (unpaired) electrons. The summed E-state index contributed by atoms with van der Waals surface area (Å²) in [5.74, 6) is -1.00. The van der Waals surface area contributed by atoms with E-state index in [4.69, 9.17) is 0 Å². The molecule has 29 heavy (non-hydrogen) atoms. The van der Waals surface area contributed by atoms with Crippen LogP contribution in [0.15, 0.2) is 53.4 Å². The zero-order valence-corrected chi connectivity index (χ0v) is 16.8. The van der Waals surface area contributed by atoms with Crippen LogP contribution < -0.4 is 5.32 Å². The first-order valence-corrected chi connectivity index (χ1v) is 10.6. The highest BCUT2D eigenvalue weighted by Gasteiger charge is 2.29. The molecule has 0 unspecified atom stereocenters. The van der Waals surface area contributed by atoms with E-state index >= 15 is 0 Å². The van der Waals surface area contributed by atoms with Crippen molar-refractivity contribution in [2.24, 2.45) is 0 Å². The summed E-state index contributed by atoms with van der Waals surface area (Å²) in [5, 5.41) is 2.60. The van der Waals surface area contributed by atoms with Crippen molar-refractivity contribution in [1.29, 1.82) is 0 Å². The minimum absolute atomic E-state index is 0.00447. The molecule has 0 aromatic heterocycles. The normalized spacial score (nSPS) is 15.2. The first kappa shape index (κ1) is 20.9. The summed E-state index contributed by atoms with van der Waals surface area (Å²) in [6, 6.07) is 11.8. The quantitative estimate of drug-likeness (QED) is 0.798. The third kappa shape index (κ3) is 4.80. The minimum Gasteiger partial charge on any atom is -0.348 e. The van der Waals surface area contributed by atoms with Gasteiger partial charge in [0, 0.05) is 50.8 Å². The Balaban J connectivity index is 1.70. The van der Waals surface area contributed by atoms with Crippen LogP contribution in [0.2, 0.25) is 0 Å². The van der Waals surface area contributed by atoms with Gasteiger partial charge in [0.15, 0.2) is 0 Å². The summed E-state index contributed by atoms with van der Waals surface area (Å²) < 4.78 is 40.8. The summed E-state index contributed by atoms with van der Waals surface area (Å²) in [5.41, 5.74) is 0.512. The number of halogens is 1. The Morgan fingerprint density at radius 2 is 1.72 bits per heavy atom. The molecule has 0 spiro atoms. The van der Waals surface area contributed by atoms with Gasteiger partial charge >= 0.3 is 0 Å². The Morgan fingerprint density at radius 3 is 2.38 bits per heavy atom. The van der Waals surface area contributed by atoms with E-state index in [9.17, 15) is 22.4 Å². The summed E-state index contributed by atoms with van der Waals surface area (Å²) in [4.78, 5) is 25.4. The van der Waals surface area contributed by atoms with Crippen molar-refractivity contribution in [1.82, 2.24) is 14.5 Å². The molecule has 154 valence electrons. The van der Waals surface area contributed by atoms with Gasteiger partial charge in [0.05, 0.1) is 4.90 Å². The number of sulfonamides is 1. The number of nitrogens with one attached hydrogen (secondary N) is 1. The monoisotopic (exact) mass is 419 g/mol. The molecule has 2 aromatic carbocycles. The second kappa shape index (κ2) is 8.71. The van der Waals surface area contributed by atoms with Crippen LogP contribution >= 0.6 is 0 Å². The SMILES string of the molecule is CC(=O)N1CCN(S(=O)(=O)c2cccc(C(=O)NCc3ccccc3F)c2)CC1. The second-order valence-electron chi connectivity index (χ2n) is 6.71. The highest BCUT2D eigenvalue weighted by Crippen LogP contribution is 2.19. The lowest BCUT2D eigenvalue weighted by Crippen LogP contribution is -2.49. The second-order valence-corrected chi connectivity index (χ2v) is 8.65. The maximum Gasteiger partial charge on any atom is 0.251 e. The molecule has 0 saturated carbocycles. The molecule has 1 aliphatic heterocycles. The van der Waals surface area contributed by atoms with Crippen LogP contribution in [0.1, 0.15) is 22.8 Å². The number of carbonyl (C=O) groups excluding carboxylic acids is 2. The summed E-state index contributed by atoms with van der Waals surface area (Å²) in [6.07, 6.45) is 0. The Bertz CT molecular complexity index is 1020. The van der Waals surface area contributed by atoms with E-state index in [1.165, 1.54) is 41.6 Å². The number of hydrogen-bond donors (Lipinski definition) is 1. The molecule has 2 aromatic rings. The van der Waals surface area contributed by atoms with Crippen LogP contribution in [0, 0.1) is 5.82 Å². The molecule has 1 N–H and O–H groups in total. The maximum atomic E-state index is 13.7. The smallest absolute Gasteiger partial charge is 0.251 e. The lowest BCUT2D eigenvalue weighted by molar-refractivity contribution is -0.129. The number of hydrogen-bond acceptors (Lipinski definition) is 4. The van der Waals surface area contributed by atoms with Crippen LogP contribution in [0.3, 0.4) is 0 Å². The molecular weight excluding hydrogens is 397 g/mol. The summed E-state index contributed by atoms with van der Waals surface area (Å²) >= 11 is 0. The molecule has 1 aliphatic rings. The Hall–Kier alpha value is -2.78. The van der Waals surface area contributed by atoms with E-state index in [0.717, 1.165) is 0 Å². The third-order valence-corrected chi connectivity index (χ3v) is 6.71. The van der Waals surface area contributed by atoms with Gasteiger partial charge in [-0.05, 0) is 24.3 Å². The predicted molar refractivity (Wildman–Crippen MR) is 105 cm³/mol. The van der Waals surface area contributed by atoms with Gasteiger partial charge in [0.2, 0.25) is 15.9 Å². The number of amides is 2. The maximum absolute atomic E-state index is 13.7. The average molecular weight is 419 g/mol. The molecule has 3 rings (SSSR count). The average Bonchev–Trinajstić information content (AvgIpc) is 2.73. The van der Waals surface area contributed by atoms with Crippen molar-refractivity contribution in [3.8, 4) is 0 Å². The van der Waals surface area contributed by atoms with Crippen LogP contribution in [0.4, 0.5) is 4.39 Å². The zero-order chi connectivity index (χ0) is 21.0. The number of nitrogens with zero attached hydrogens (tertiary/aromatic N) is 2. The molecular formula is C20H22FN3O4S. The largest absolute Gasteiger partial charge is 0.348 e. The first-order chi connectivity index (χ1) is 13.8. The molecule has 0 bridgehead atoms. The number of carbonyl (C=O) groups is 2. The molecule has 9 heteroatoms. The van der Waals surface area contributed by atoms with Gasteiger partial charge in [-0.15, -0.1) is 0 Å². The van der Waals surface area contributed by atoms with Crippen molar-refractivity contribution >= 4 is 21.8 Å². The Labute approximate surface area is 169 Å². The Kier molecular flexibility index (Phi) is 6.29. The molecule has 0 aliphatic carbocycles. The Morgan fingerprint density at radius 1 is 1.03 bits per heavy atom. The predicted octanol–water partition coefficient (Wildman–Crippen LogP) is 1.61. The fourth-order valence-electron chi connectivity index (χ4n) is 3.11. The van der Waals surface area contributed by atoms with Gasteiger partial charge in [-0.1, -0.05) is 24.3 Å². The topological polar surface area (TPSA) is 86.8 Å². The number of rotatable bonds is 5. The first-order valence-electron chi connectivity index (χ1n) is 9.16. The van der Waals surface area contributed by atoms with Crippen molar-refractivity contribution in [3.05, 3.63) is 65.5 Å². The van der Waals surface area contributed by atoms with E-state index in [2.05, 4.69) is 5.32 Å². The number of benzene rings is 2. The van der Waals surface area contributed by atoms with Crippen LogP contribution in [0.5, 0.6) is 0 Å². The highest BCUT2D eigenvalue weighted by atomic mass is 32.2. The van der Waals surface area contributed by atoms with E-state index in [1.807, 2.05) is 0 Å². The fraction of sp³-hybridized carbons (Fsp3) is 0.300. The fourth-order valence-corrected chi connectivity index (χ4v) is 4.58. The van der Waals surface area contributed by atoms with Crippen LogP contribution in [0.25, 0.3) is 0 Å². The molecule has 7 nitrogen and oxygen atoms in total. The highest BCUT2D eigenvalue weighted by molar-refractivity contribution is 7.89. The summed E-state index contributed by atoms with van der Waals surface area (Å²) in [7, 11) is -3.79. The molecule has 1 saturated heterocycles. The van der Waals surface area contributed by atoms with E-state index in [1.54, 1.807) is 23.1 Å². The van der Waals surface area contributed by atoms with Crippen LogP contribution in [-0.4, -0.2) is 55.6 Å². The third-order valence-electron chi connectivity index (χ3n) is 4.82. The molecule has 0 atom stereocenters. The van der Waals surface area contributed by atoms with Gasteiger partial charge in [-0.2, -0.15) is 4.31 Å². The van der Waals surface area contributed by atoms with Crippen molar-refractivity contribution in [2.75, 3.05) is 26.2 Å². The van der Waals surface area contributed by atoms with Crippen molar-refractivity contribution < 1.29 is 22.4 Å². The van der Waals surface area contributed by atoms with Gasteiger partial charge < -0.3 is 10.2 Å². The molecule has 2 amide bonds. The molecule has 1 heterocycles.